The fourth-order valence-corrected chi connectivity index (χ4v) is 3.84. The number of benzene rings is 2. The van der Waals surface area contributed by atoms with Gasteiger partial charge in [0.1, 0.15) is 18.8 Å². The van der Waals surface area contributed by atoms with Gasteiger partial charge >= 0.3 is 12.1 Å². The van der Waals surface area contributed by atoms with Crippen LogP contribution < -0.4 is 10.6 Å². The number of ether oxygens (including phenoxy) is 1. The van der Waals surface area contributed by atoms with E-state index < -0.39 is 12.1 Å². The summed E-state index contributed by atoms with van der Waals surface area (Å²) in [6, 6.07) is 16.2. The molecule has 3 N–H and O–H groups in total. The van der Waals surface area contributed by atoms with Gasteiger partial charge in [0, 0.05) is 18.9 Å². The van der Waals surface area contributed by atoms with Crippen molar-refractivity contribution in [2.45, 2.75) is 25.4 Å². The largest absolute Gasteiger partial charge is 0.480 e. The number of amides is 2. The first-order valence-electron chi connectivity index (χ1n) is 10.5. The molecule has 0 spiro atoms. The van der Waals surface area contributed by atoms with Crippen molar-refractivity contribution in [2.24, 2.45) is 0 Å². The number of alkyl carbamates (subject to hydrolysis) is 1. The molecule has 1 heterocycles. The molecule has 2 amide bonds. The lowest BCUT2D eigenvalue weighted by atomic mass is 9.98. The second-order valence-electron chi connectivity index (χ2n) is 7.58. The Morgan fingerprint density at radius 2 is 1.67 bits per heavy atom. The highest BCUT2D eigenvalue weighted by molar-refractivity contribution is 5.79. The summed E-state index contributed by atoms with van der Waals surface area (Å²) in [7, 11) is 0. The number of carboxylic acid groups (broad SMARTS) is 1. The summed E-state index contributed by atoms with van der Waals surface area (Å²) in [5.74, 6) is -1.35. The Balaban J connectivity index is 1.19. The molecule has 0 fully saturated rings. The number of nitrogens with one attached hydrogen (secondary N) is 2. The van der Waals surface area contributed by atoms with E-state index >= 15 is 0 Å². The molecule has 0 unspecified atom stereocenters. The molecule has 0 aliphatic heterocycles. The minimum absolute atomic E-state index is 0.0269. The number of aliphatic carboxylic acids is 1. The maximum Gasteiger partial charge on any atom is 0.407 e. The van der Waals surface area contributed by atoms with Gasteiger partial charge in [0.25, 0.3) is 0 Å². The number of aromatic nitrogens is 3. The Morgan fingerprint density at radius 1 is 1.00 bits per heavy atom. The Labute approximate surface area is 189 Å². The smallest absolute Gasteiger partial charge is 0.407 e. The average Bonchev–Trinajstić information content (AvgIpc) is 3.38. The van der Waals surface area contributed by atoms with Crippen LogP contribution in [0.1, 0.15) is 29.2 Å². The molecule has 1 aliphatic carbocycles. The lowest BCUT2D eigenvalue weighted by molar-refractivity contribution is -0.138. The number of carbonyl (C=O) groups excluding carboxylic acids is 2. The van der Waals surface area contributed by atoms with E-state index in [9.17, 15) is 14.4 Å². The molecule has 33 heavy (non-hydrogen) atoms. The fourth-order valence-electron chi connectivity index (χ4n) is 3.84. The molecular formula is C23H23N5O5. The van der Waals surface area contributed by atoms with Gasteiger partial charge in [0.05, 0.1) is 12.7 Å². The van der Waals surface area contributed by atoms with Crippen LogP contribution in [0.4, 0.5) is 4.79 Å². The summed E-state index contributed by atoms with van der Waals surface area (Å²) in [6.45, 7) is 0.140. The minimum atomic E-state index is -1.03. The Hall–Kier alpha value is -4.21. The van der Waals surface area contributed by atoms with Crippen LogP contribution >= 0.6 is 0 Å². The van der Waals surface area contributed by atoms with Crippen molar-refractivity contribution >= 4 is 18.0 Å². The molecule has 0 saturated heterocycles. The predicted molar refractivity (Wildman–Crippen MR) is 117 cm³/mol. The normalized spacial score (nSPS) is 12.0. The van der Waals surface area contributed by atoms with Crippen LogP contribution in [0.5, 0.6) is 0 Å². The Morgan fingerprint density at radius 3 is 2.33 bits per heavy atom. The van der Waals surface area contributed by atoms with E-state index in [0.717, 1.165) is 22.3 Å². The number of rotatable bonds is 9. The third-order valence-electron chi connectivity index (χ3n) is 5.32. The molecule has 3 aromatic rings. The molecular weight excluding hydrogens is 426 g/mol. The van der Waals surface area contributed by atoms with Gasteiger partial charge in [-0.1, -0.05) is 53.7 Å². The molecule has 0 atom stereocenters. The SMILES string of the molecule is O=C(O)Cn1cc(CNC(=O)CCNC(=O)OCC2c3ccccc3-c3ccccc32)nn1. The van der Waals surface area contributed by atoms with Crippen molar-refractivity contribution in [2.75, 3.05) is 13.2 Å². The Bertz CT molecular complexity index is 1130. The van der Waals surface area contributed by atoms with Crippen molar-refractivity contribution in [1.82, 2.24) is 25.6 Å². The van der Waals surface area contributed by atoms with Crippen LogP contribution in [0.3, 0.4) is 0 Å². The molecule has 0 saturated carbocycles. The molecule has 0 bridgehead atoms. The van der Waals surface area contributed by atoms with Gasteiger partial charge in [0.15, 0.2) is 0 Å². The average molecular weight is 449 g/mol. The fraction of sp³-hybridized carbons (Fsp3) is 0.261. The summed E-state index contributed by atoms with van der Waals surface area (Å²) in [5.41, 5.74) is 5.01. The number of nitrogens with zero attached hydrogens (tertiary/aromatic N) is 3. The third kappa shape index (κ3) is 5.35. The zero-order valence-corrected chi connectivity index (χ0v) is 17.7. The number of hydrogen-bond acceptors (Lipinski definition) is 6. The second-order valence-corrected chi connectivity index (χ2v) is 7.58. The van der Waals surface area contributed by atoms with Gasteiger partial charge in [-0.25, -0.2) is 9.48 Å². The van der Waals surface area contributed by atoms with E-state index in [1.54, 1.807) is 0 Å². The second kappa shape index (κ2) is 9.94. The number of hydrogen-bond donors (Lipinski definition) is 3. The lowest BCUT2D eigenvalue weighted by Crippen LogP contribution is -2.31. The highest BCUT2D eigenvalue weighted by atomic mass is 16.5. The first-order chi connectivity index (χ1) is 16.0. The number of fused-ring (bicyclic) bond motifs is 3. The highest BCUT2D eigenvalue weighted by Crippen LogP contribution is 2.44. The van der Waals surface area contributed by atoms with Crippen LogP contribution in [0.15, 0.2) is 54.7 Å². The monoisotopic (exact) mass is 449 g/mol. The van der Waals surface area contributed by atoms with E-state index in [4.69, 9.17) is 9.84 Å². The number of carboxylic acids is 1. The molecule has 1 aromatic heterocycles. The third-order valence-corrected chi connectivity index (χ3v) is 5.32. The van der Waals surface area contributed by atoms with E-state index in [0.29, 0.717) is 5.69 Å². The van der Waals surface area contributed by atoms with Crippen molar-refractivity contribution in [1.29, 1.82) is 0 Å². The van der Waals surface area contributed by atoms with E-state index in [2.05, 4.69) is 33.1 Å². The number of carbonyl (C=O) groups is 3. The molecule has 4 rings (SSSR count). The van der Waals surface area contributed by atoms with Gasteiger partial charge in [-0.15, -0.1) is 5.10 Å². The van der Waals surface area contributed by atoms with Crippen LogP contribution in [-0.4, -0.2) is 51.2 Å². The standard InChI is InChI=1S/C23H23N5O5/c29-21(25-11-15-12-28(27-26-15)13-22(30)31)9-10-24-23(32)33-14-20-18-7-3-1-5-16(18)17-6-2-4-8-19(17)20/h1-8,12,20H,9-11,13-14H2,(H,24,32)(H,25,29)(H,30,31). The zero-order valence-electron chi connectivity index (χ0n) is 17.7. The maximum absolute atomic E-state index is 12.1. The van der Waals surface area contributed by atoms with Crippen LogP contribution in [0.2, 0.25) is 0 Å². The van der Waals surface area contributed by atoms with E-state index in [1.165, 1.54) is 10.9 Å². The summed E-state index contributed by atoms with van der Waals surface area (Å²) in [4.78, 5) is 34.8. The molecule has 10 nitrogen and oxygen atoms in total. The van der Waals surface area contributed by atoms with Crippen molar-refractivity contribution in [3.63, 3.8) is 0 Å². The van der Waals surface area contributed by atoms with Gasteiger partial charge < -0.3 is 20.5 Å². The molecule has 10 heteroatoms. The van der Waals surface area contributed by atoms with Gasteiger partial charge in [-0.3, -0.25) is 9.59 Å². The van der Waals surface area contributed by atoms with E-state index in [-0.39, 0.29) is 44.5 Å². The highest BCUT2D eigenvalue weighted by Gasteiger charge is 2.28. The van der Waals surface area contributed by atoms with Crippen molar-refractivity contribution in [3.05, 3.63) is 71.5 Å². The Kier molecular flexibility index (Phi) is 6.63. The molecule has 1 aliphatic rings. The quantitative estimate of drug-likeness (QED) is 0.454. The van der Waals surface area contributed by atoms with Crippen LogP contribution in [0, 0.1) is 0 Å². The van der Waals surface area contributed by atoms with Gasteiger partial charge in [-0.2, -0.15) is 0 Å². The lowest BCUT2D eigenvalue weighted by Gasteiger charge is -2.14. The molecule has 2 aromatic carbocycles. The summed E-state index contributed by atoms with van der Waals surface area (Å²) in [6.07, 6.45) is 0.929. The molecule has 0 radical (unpaired) electrons. The van der Waals surface area contributed by atoms with Crippen LogP contribution in [-0.2, 0) is 27.4 Å². The first kappa shape index (κ1) is 22.0. The topological polar surface area (TPSA) is 135 Å². The zero-order chi connectivity index (χ0) is 23.2. The molecule has 170 valence electrons. The first-order valence-corrected chi connectivity index (χ1v) is 10.5. The van der Waals surface area contributed by atoms with Crippen molar-refractivity contribution in [3.8, 4) is 11.1 Å². The summed E-state index contributed by atoms with van der Waals surface area (Å²) < 4.78 is 6.60. The summed E-state index contributed by atoms with van der Waals surface area (Å²) >= 11 is 0. The van der Waals surface area contributed by atoms with Gasteiger partial charge in [0.2, 0.25) is 5.91 Å². The van der Waals surface area contributed by atoms with E-state index in [1.807, 2.05) is 36.4 Å². The summed E-state index contributed by atoms with van der Waals surface area (Å²) in [5, 5.41) is 21.4. The van der Waals surface area contributed by atoms with Crippen LogP contribution in [0.25, 0.3) is 11.1 Å². The minimum Gasteiger partial charge on any atom is -0.480 e. The van der Waals surface area contributed by atoms with Crippen molar-refractivity contribution < 1.29 is 24.2 Å². The predicted octanol–water partition coefficient (Wildman–Crippen LogP) is 1.91. The van der Waals surface area contributed by atoms with Gasteiger partial charge in [-0.05, 0) is 22.3 Å². The maximum atomic E-state index is 12.1.